The highest BCUT2D eigenvalue weighted by molar-refractivity contribution is 6.22. The molecular formula is C58H36N4. The number of benzene rings is 10. The van der Waals surface area contributed by atoms with E-state index in [-0.39, 0.29) is 0 Å². The van der Waals surface area contributed by atoms with Gasteiger partial charge >= 0.3 is 0 Å². The molecule has 0 atom stereocenters. The van der Waals surface area contributed by atoms with E-state index in [0.29, 0.717) is 0 Å². The third kappa shape index (κ3) is 5.20. The van der Waals surface area contributed by atoms with Gasteiger partial charge < -0.3 is 4.57 Å². The highest BCUT2D eigenvalue weighted by Crippen LogP contribution is 2.43. The number of hydrogen-bond acceptors (Lipinski definition) is 2. The van der Waals surface area contributed by atoms with E-state index in [1.807, 2.05) is 12.1 Å². The summed E-state index contributed by atoms with van der Waals surface area (Å²) in [5.74, 6) is 0.805. The first kappa shape index (κ1) is 34.5. The predicted octanol–water partition coefficient (Wildman–Crippen LogP) is 15.1. The SMILES string of the molecule is c1ccc(-c2ccc(-c3nc4ccccc4nc3-n3c4ccc(-c5ccc6c(c5)c5ccccc5n6-c5ccccc5)cc4c4c5ccccc5ccc43)c3ccccc23)cc1. The van der Waals surface area contributed by atoms with Crippen LogP contribution in [0.1, 0.15) is 0 Å². The van der Waals surface area contributed by atoms with Gasteiger partial charge in [-0.1, -0.05) is 158 Å². The summed E-state index contributed by atoms with van der Waals surface area (Å²) in [4.78, 5) is 11.0. The number of para-hydroxylation sites is 4. The minimum Gasteiger partial charge on any atom is -0.309 e. The molecule has 62 heavy (non-hydrogen) atoms. The van der Waals surface area contributed by atoms with Crippen molar-refractivity contribution in [1.82, 2.24) is 19.1 Å². The summed E-state index contributed by atoms with van der Waals surface area (Å²) >= 11 is 0. The van der Waals surface area contributed by atoms with Crippen LogP contribution in [-0.4, -0.2) is 19.1 Å². The van der Waals surface area contributed by atoms with Crippen molar-refractivity contribution in [3.8, 4) is 45.0 Å². The van der Waals surface area contributed by atoms with Gasteiger partial charge in [0.1, 0.15) is 5.69 Å². The molecule has 0 aliphatic heterocycles. The average Bonchev–Trinajstić information content (AvgIpc) is 3.86. The molecule has 0 aliphatic rings. The third-order valence-electron chi connectivity index (χ3n) is 12.7. The van der Waals surface area contributed by atoms with Crippen LogP contribution in [0.5, 0.6) is 0 Å². The normalized spacial score (nSPS) is 11.9. The van der Waals surface area contributed by atoms with Crippen molar-refractivity contribution >= 4 is 76.2 Å². The molecule has 0 spiro atoms. The van der Waals surface area contributed by atoms with Crippen LogP contribution >= 0.6 is 0 Å². The van der Waals surface area contributed by atoms with E-state index in [0.717, 1.165) is 55.8 Å². The highest BCUT2D eigenvalue weighted by atomic mass is 15.1. The van der Waals surface area contributed by atoms with Crippen molar-refractivity contribution in [2.24, 2.45) is 0 Å². The first-order valence-electron chi connectivity index (χ1n) is 21.2. The minimum atomic E-state index is 0.805. The van der Waals surface area contributed by atoms with E-state index >= 15 is 0 Å². The Morgan fingerprint density at radius 2 is 0.855 bits per heavy atom. The van der Waals surface area contributed by atoms with Crippen LogP contribution in [0.15, 0.2) is 218 Å². The van der Waals surface area contributed by atoms with Gasteiger partial charge in [0.15, 0.2) is 5.82 Å². The molecule has 3 heterocycles. The summed E-state index contributed by atoms with van der Waals surface area (Å²) in [5.41, 5.74) is 14.0. The van der Waals surface area contributed by atoms with Crippen LogP contribution < -0.4 is 0 Å². The molecule has 10 aromatic carbocycles. The van der Waals surface area contributed by atoms with E-state index < -0.39 is 0 Å². The molecular weight excluding hydrogens is 753 g/mol. The van der Waals surface area contributed by atoms with Gasteiger partial charge in [-0.15, -0.1) is 0 Å². The van der Waals surface area contributed by atoms with Crippen molar-refractivity contribution in [2.45, 2.75) is 0 Å². The van der Waals surface area contributed by atoms with Crippen LogP contribution in [0.2, 0.25) is 0 Å². The maximum Gasteiger partial charge on any atom is 0.165 e. The van der Waals surface area contributed by atoms with Crippen LogP contribution in [0.4, 0.5) is 0 Å². The lowest BCUT2D eigenvalue weighted by atomic mass is 9.93. The number of rotatable bonds is 5. The molecule has 0 saturated carbocycles. The summed E-state index contributed by atoms with van der Waals surface area (Å²) in [6.45, 7) is 0. The fraction of sp³-hybridized carbons (Fsp3) is 0. The Labute approximate surface area is 357 Å². The Kier molecular flexibility index (Phi) is 7.57. The Bertz CT molecular complexity index is 3920. The molecule has 0 aliphatic carbocycles. The molecule has 13 aromatic rings. The molecule has 4 heteroatoms. The quantitative estimate of drug-likeness (QED) is 0.174. The average molecular weight is 789 g/mol. The van der Waals surface area contributed by atoms with E-state index in [2.05, 4.69) is 215 Å². The first-order chi connectivity index (χ1) is 30.8. The van der Waals surface area contributed by atoms with Gasteiger partial charge in [-0.2, -0.15) is 0 Å². The van der Waals surface area contributed by atoms with Crippen LogP contribution in [0, 0.1) is 0 Å². The van der Waals surface area contributed by atoms with E-state index in [4.69, 9.17) is 9.97 Å². The fourth-order valence-electron chi connectivity index (χ4n) is 9.91. The van der Waals surface area contributed by atoms with Crippen molar-refractivity contribution in [1.29, 1.82) is 0 Å². The molecule has 0 bridgehead atoms. The molecule has 3 aromatic heterocycles. The zero-order valence-electron chi connectivity index (χ0n) is 33.6. The smallest absolute Gasteiger partial charge is 0.165 e. The van der Waals surface area contributed by atoms with Gasteiger partial charge in [0.05, 0.1) is 33.1 Å². The second-order valence-electron chi connectivity index (χ2n) is 16.1. The summed E-state index contributed by atoms with van der Waals surface area (Å²) in [6.07, 6.45) is 0. The van der Waals surface area contributed by atoms with Crippen molar-refractivity contribution in [3.63, 3.8) is 0 Å². The zero-order chi connectivity index (χ0) is 40.7. The van der Waals surface area contributed by atoms with Crippen LogP contribution in [0.3, 0.4) is 0 Å². The van der Waals surface area contributed by atoms with E-state index in [1.54, 1.807) is 0 Å². The monoisotopic (exact) mass is 788 g/mol. The third-order valence-corrected chi connectivity index (χ3v) is 12.7. The van der Waals surface area contributed by atoms with Crippen molar-refractivity contribution in [2.75, 3.05) is 0 Å². The maximum absolute atomic E-state index is 5.53. The topological polar surface area (TPSA) is 35.6 Å². The Morgan fingerprint density at radius 3 is 1.63 bits per heavy atom. The molecule has 0 amide bonds. The van der Waals surface area contributed by atoms with Crippen LogP contribution in [-0.2, 0) is 0 Å². The van der Waals surface area contributed by atoms with Gasteiger partial charge in [-0.05, 0) is 104 Å². The number of hydrogen-bond donors (Lipinski definition) is 0. The van der Waals surface area contributed by atoms with Crippen molar-refractivity contribution in [3.05, 3.63) is 218 Å². The van der Waals surface area contributed by atoms with Crippen LogP contribution in [0.25, 0.3) is 121 Å². The summed E-state index contributed by atoms with van der Waals surface area (Å²) < 4.78 is 4.73. The first-order valence-corrected chi connectivity index (χ1v) is 21.2. The van der Waals surface area contributed by atoms with Gasteiger partial charge in [0.25, 0.3) is 0 Å². The second-order valence-corrected chi connectivity index (χ2v) is 16.1. The largest absolute Gasteiger partial charge is 0.309 e. The second kappa shape index (κ2) is 13.6. The number of fused-ring (bicyclic) bond motifs is 10. The molecule has 0 unspecified atom stereocenters. The molecule has 0 fully saturated rings. The van der Waals surface area contributed by atoms with Crippen molar-refractivity contribution < 1.29 is 0 Å². The lowest BCUT2D eigenvalue weighted by Gasteiger charge is -2.17. The Morgan fingerprint density at radius 1 is 0.306 bits per heavy atom. The lowest BCUT2D eigenvalue weighted by molar-refractivity contribution is 1.08. The predicted molar refractivity (Wildman–Crippen MR) is 260 cm³/mol. The zero-order valence-corrected chi connectivity index (χ0v) is 33.6. The van der Waals surface area contributed by atoms with Gasteiger partial charge in [-0.3, -0.25) is 4.57 Å². The van der Waals surface area contributed by atoms with Gasteiger partial charge in [0, 0.05) is 32.8 Å². The molecule has 0 saturated heterocycles. The highest BCUT2D eigenvalue weighted by Gasteiger charge is 2.23. The Balaban J connectivity index is 1.08. The standard InChI is InChI=1S/C58H36N4/c1-3-15-37(16-4-1)42-30-31-47(45-22-10-9-21-44(42)45)57-58(60-51-25-13-12-24-50(51)59-57)62-54-33-29-40(36-49(54)56-43-20-8-7-17-38(43)27-34-55(56)62)39-28-32-53-48(35-39)46-23-11-14-26-52(46)61(53)41-18-5-2-6-19-41/h1-36H. The summed E-state index contributed by atoms with van der Waals surface area (Å²) in [6, 6.07) is 78.5. The Hall–Kier alpha value is -8.34. The fourth-order valence-corrected chi connectivity index (χ4v) is 9.91. The van der Waals surface area contributed by atoms with E-state index in [1.165, 1.54) is 65.4 Å². The molecule has 0 N–H and O–H groups in total. The number of aromatic nitrogens is 4. The van der Waals surface area contributed by atoms with Gasteiger partial charge in [0.2, 0.25) is 0 Å². The molecule has 0 radical (unpaired) electrons. The lowest BCUT2D eigenvalue weighted by Crippen LogP contribution is -2.04. The van der Waals surface area contributed by atoms with E-state index in [9.17, 15) is 0 Å². The minimum absolute atomic E-state index is 0.805. The maximum atomic E-state index is 5.53. The molecule has 13 rings (SSSR count). The summed E-state index contributed by atoms with van der Waals surface area (Å²) in [5, 5.41) is 9.57. The number of nitrogens with zero attached hydrogens (tertiary/aromatic N) is 4. The molecule has 288 valence electrons. The summed E-state index contributed by atoms with van der Waals surface area (Å²) in [7, 11) is 0. The van der Waals surface area contributed by atoms with Gasteiger partial charge in [-0.25, -0.2) is 9.97 Å². The molecule has 4 nitrogen and oxygen atoms in total.